The molecule has 0 heterocycles. The predicted molar refractivity (Wildman–Crippen MR) is 57.0 cm³/mol. The highest BCUT2D eigenvalue weighted by Gasteiger charge is 2.29. The predicted octanol–water partition coefficient (Wildman–Crippen LogP) is 2.06. The molecule has 0 aliphatic carbocycles. The summed E-state index contributed by atoms with van der Waals surface area (Å²) in [5, 5.41) is 0. The highest BCUT2D eigenvalue weighted by Crippen LogP contribution is 2.18. The molecular formula is C9H19NO3Si. The van der Waals surface area contributed by atoms with Gasteiger partial charge < -0.3 is 8.85 Å². The third-order valence-corrected chi connectivity index (χ3v) is 4.91. The number of hydrogen-bond acceptors (Lipinski definition) is 4. The second kappa shape index (κ2) is 6.90. The van der Waals surface area contributed by atoms with Crippen LogP contribution >= 0.6 is 0 Å². The van der Waals surface area contributed by atoms with Gasteiger partial charge in [0.05, 0.1) is 0 Å². The Labute approximate surface area is 86.6 Å². The van der Waals surface area contributed by atoms with Crippen LogP contribution in [0.4, 0.5) is 0 Å². The summed E-state index contributed by atoms with van der Waals surface area (Å²) in [7, 11) is -0.446. The fourth-order valence-corrected chi connectivity index (χ4v) is 2.88. The first kappa shape index (κ1) is 13.5. The number of nitrogens with zero attached hydrogens (tertiary/aromatic N) is 1. The lowest BCUT2D eigenvalue weighted by Gasteiger charge is -2.24. The number of hydrogen-bond donors (Lipinski definition) is 0. The summed E-state index contributed by atoms with van der Waals surface area (Å²) in [6.07, 6.45) is 2.52. The van der Waals surface area contributed by atoms with Crippen LogP contribution in [0.5, 0.6) is 0 Å². The first-order chi connectivity index (χ1) is 6.54. The van der Waals surface area contributed by atoms with Crippen molar-refractivity contribution in [3.05, 3.63) is 0 Å². The lowest BCUT2D eigenvalue weighted by molar-refractivity contribution is 0.208. The van der Waals surface area contributed by atoms with Crippen molar-refractivity contribution in [3.8, 4) is 0 Å². The topological polar surface area (TPSA) is 47.9 Å². The molecule has 82 valence electrons. The Hall–Kier alpha value is -0.483. The van der Waals surface area contributed by atoms with Crippen LogP contribution in [0.2, 0.25) is 12.6 Å². The Balaban J connectivity index is 3.96. The summed E-state index contributed by atoms with van der Waals surface area (Å²) in [6.45, 7) is 6.37. The molecule has 0 aliphatic heterocycles. The molecule has 1 unspecified atom stereocenters. The van der Waals surface area contributed by atoms with Crippen molar-refractivity contribution in [1.82, 2.24) is 0 Å². The Morgan fingerprint density at radius 3 is 2.57 bits per heavy atom. The fourth-order valence-electron chi connectivity index (χ4n) is 0.979. The summed E-state index contributed by atoms with van der Waals surface area (Å²) in [4.78, 5) is 13.2. The minimum atomic E-state index is -2.10. The van der Waals surface area contributed by atoms with Crippen LogP contribution in [0.3, 0.4) is 0 Å². The number of carbonyl (C=O) groups excluding carboxylic acids is 1. The van der Waals surface area contributed by atoms with E-state index in [0.717, 1.165) is 12.5 Å². The molecule has 0 saturated carbocycles. The molecule has 5 heteroatoms. The lowest BCUT2D eigenvalue weighted by Crippen LogP contribution is -2.37. The highest BCUT2D eigenvalue weighted by molar-refractivity contribution is 6.65. The number of aliphatic imine (C=N–C) groups is 1. The van der Waals surface area contributed by atoms with Crippen molar-refractivity contribution in [2.75, 3.05) is 13.8 Å². The Kier molecular flexibility index (Phi) is 6.66. The number of isocyanates is 1. The molecule has 0 aromatic rings. The summed E-state index contributed by atoms with van der Waals surface area (Å²) >= 11 is 0. The molecular weight excluding hydrogens is 198 g/mol. The van der Waals surface area contributed by atoms with Crippen LogP contribution in [-0.2, 0) is 13.6 Å². The quantitative estimate of drug-likeness (QED) is 0.372. The van der Waals surface area contributed by atoms with Crippen molar-refractivity contribution < 1.29 is 13.6 Å². The van der Waals surface area contributed by atoms with Gasteiger partial charge in [0.1, 0.15) is 6.73 Å². The van der Waals surface area contributed by atoms with Crippen LogP contribution in [-0.4, -0.2) is 28.5 Å². The summed E-state index contributed by atoms with van der Waals surface area (Å²) in [5.74, 6) is 0.634. The molecule has 0 amide bonds. The average Bonchev–Trinajstić information content (AvgIpc) is 2.15. The Morgan fingerprint density at radius 1 is 1.50 bits per heavy atom. The van der Waals surface area contributed by atoms with E-state index in [-0.39, 0.29) is 6.73 Å². The zero-order valence-corrected chi connectivity index (χ0v) is 10.4. The van der Waals surface area contributed by atoms with Gasteiger partial charge in [0.2, 0.25) is 6.08 Å². The van der Waals surface area contributed by atoms with Crippen LogP contribution in [0.25, 0.3) is 0 Å². The molecule has 0 N–H and O–H groups in total. The maximum Gasteiger partial charge on any atom is 0.336 e. The molecule has 0 radical (unpaired) electrons. The van der Waals surface area contributed by atoms with Gasteiger partial charge in [-0.05, 0) is 24.9 Å². The van der Waals surface area contributed by atoms with Gasteiger partial charge >= 0.3 is 8.56 Å². The van der Waals surface area contributed by atoms with Gasteiger partial charge in [-0.3, -0.25) is 0 Å². The monoisotopic (exact) mass is 217 g/mol. The molecule has 0 saturated heterocycles. The van der Waals surface area contributed by atoms with Crippen LogP contribution in [0.15, 0.2) is 4.99 Å². The maximum absolute atomic E-state index is 9.85. The van der Waals surface area contributed by atoms with Crippen molar-refractivity contribution in [1.29, 1.82) is 0 Å². The van der Waals surface area contributed by atoms with E-state index in [1.807, 2.05) is 6.55 Å². The smallest absolute Gasteiger partial charge is 0.336 e. The first-order valence-electron chi connectivity index (χ1n) is 4.77. The second-order valence-electron chi connectivity index (χ2n) is 3.79. The lowest BCUT2D eigenvalue weighted by atomic mass is 10.2. The zero-order valence-electron chi connectivity index (χ0n) is 9.37. The molecule has 0 bridgehead atoms. The first-order valence-corrected chi connectivity index (χ1v) is 7.29. The average molecular weight is 217 g/mol. The van der Waals surface area contributed by atoms with E-state index in [2.05, 4.69) is 18.8 Å². The molecule has 0 aliphatic rings. The SMILES string of the molecule is CO[Si](C)(CCC(C)C)OCN=C=O. The van der Waals surface area contributed by atoms with E-state index >= 15 is 0 Å². The van der Waals surface area contributed by atoms with E-state index in [1.165, 1.54) is 6.08 Å². The van der Waals surface area contributed by atoms with E-state index in [9.17, 15) is 4.79 Å². The van der Waals surface area contributed by atoms with Gasteiger partial charge in [-0.15, -0.1) is 0 Å². The standard InChI is InChI=1S/C9H19NO3Si/c1-9(2)5-6-14(4,12-3)13-8-10-7-11/h9H,5-6,8H2,1-4H3. The van der Waals surface area contributed by atoms with Gasteiger partial charge in [0.15, 0.2) is 0 Å². The molecule has 0 fully saturated rings. The zero-order chi connectivity index (χ0) is 11.0. The molecule has 0 aromatic carbocycles. The molecule has 0 rings (SSSR count). The van der Waals surface area contributed by atoms with Crippen LogP contribution < -0.4 is 0 Å². The highest BCUT2D eigenvalue weighted by atomic mass is 28.4. The minimum absolute atomic E-state index is 0.0676. The van der Waals surface area contributed by atoms with E-state index in [1.54, 1.807) is 7.11 Å². The van der Waals surface area contributed by atoms with E-state index in [4.69, 9.17) is 8.85 Å². The van der Waals surface area contributed by atoms with Gasteiger partial charge in [-0.1, -0.05) is 13.8 Å². The third-order valence-electron chi connectivity index (χ3n) is 2.11. The van der Waals surface area contributed by atoms with Gasteiger partial charge in [0, 0.05) is 7.11 Å². The molecule has 4 nitrogen and oxygen atoms in total. The molecule has 0 spiro atoms. The minimum Gasteiger partial charge on any atom is -0.398 e. The van der Waals surface area contributed by atoms with Crippen molar-refractivity contribution >= 4 is 14.6 Å². The Bertz CT molecular complexity index is 204. The van der Waals surface area contributed by atoms with Gasteiger partial charge in [-0.25, -0.2) is 4.79 Å². The van der Waals surface area contributed by atoms with Crippen molar-refractivity contribution in [2.24, 2.45) is 10.9 Å². The molecule has 14 heavy (non-hydrogen) atoms. The van der Waals surface area contributed by atoms with Crippen molar-refractivity contribution in [3.63, 3.8) is 0 Å². The van der Waals surface area contributed by atoms with Gasteiger partial charge in [-0.2, -0.15) is 4.99 Å². The van der Waals surface area contributed by atoms with E-state index < -0.39 is 8.56 Å². The summed E-state index contributed by atoms with van der Waals surface area (Å²) < 4.78 is 10.8. The largest absolute Gasteiger partial charge is 0.398 e. The summed E-state index contributed by atoms with van der Waals surface area (Å²) in [6, 6.07) is 0.926. The normalized spacial score (nSPS) is 14.9. The Morgan fingerprint density at radius 2 is 2.14 bits per heavy atom. The van der Waals surface area contributed by atoms with Gasteiger partial charge in [0.25, 0.3) is 0 Å². The second-order valence-corrected chi connectivity index (χ2v) is 7.26. The molecule has 0 aromatic heterocycles. The maximum atomic E-state index is 9.85. The van der Waals surface area contributed by atoms with Crippen molar-refractivity contribution in [2.45, 2.75) is 32.9 Å². The number of rotatable bonds is 7. The van der Waals surface area contributed by atoms with Crippen LogP contribution in [0.1, 0.15) is 20.3 Å². The summed E-state index contributed by atoms with van der Waals surface area (Å²) in [5.41, 5.74) is 0. The molecule has 1 atom stereocenters. The van der Waals surface area contributed by atoms with E-state index in [0.29, 0.717) is 5.92 Å². The third kappa shape index (κ3) is 6.04. The van der Waals surface area contributed by atoms with Crippen LogP contribution in [0, 0.1) is 5.92 Å². The fraction of sp³-hybridized carbons (Fsp3) is 0.889.